The molecule has 0 unspecified atom stereocenters. The van der Waals surface area contributed by atoms with Crippen molar-refractivity contribution in [1.29, 1.82) is 0 Å². The van der Waals surface area contributed by atoms with E-state index in [4.69, 9.17) is 11.6 Å². The second-order valence-corrected chi connectivity index (χ2v) is 2.62. The lowest BCUT2D eigenvalue weighted by Gasteiger charge is -1.99. The van der Waals surface area contributed by atoms with E-state index in [9.17, 15) is 0 Å². The van der Waals surface area contributed by atoms with Crippen LogP contribution in [0.5, 0.6) is 0 Å². The predicted octanol–water partition coefficient (Wildman–Crippen LogP) is -0.332. The minimum absolute atomic E-state index is 0.211. The molecule has 70 valence electrons. The monoisotopic (exact) mass is 179 g/mol. The van der Waals surface area contributed by atoms with Crippen LogP contribution in [0.25, 0.3) is 0 Å². The molecule has 1 aromatic heterocycles. The molecule has 1 aromatic rings. The van der Waals surface area contributed by atoms with E-state index in [-0.39, 0.29) is 5.96 Å². The van der Waals surface area contributed by atoms with Crippen LogP contribution in [0.4, 0.5) is 0 Å². The Hall–Kier alpha value is -1.62. The van der Waals surface area contributed by atoms with Gasteiger partial charge >= 0.3 is 0 Å². The number of aliphatic imine (C=N–C) groups is 1. The van der Waals surface area contributed by atoms with Crippen LogP contribution in [-0.4, -0.2) is 10.9 Å². The first-order valence-corrected chi connectivity index (χ1v) is 3.91. The zero-order chi connectivity index (χ0) is 9.68. The van der Waals surface area contributed by atoms with Crippen LogP contribution in [0, 0.1) is 6.92 Å². The summed E-state index contributed by atoms with van der Waals surface area (Å²) in [6, 6.07) is 5.75. The van der Waals surface area contributed by atoms with Crippen molar-refractivity contribution in [3.05, 3.63) is 29.6 Å². The highest BCUT2D eigenvalue weighted by Gasteiger charge is 1.93. The van der Waals surface area contributed by atoms with E-state index in [1.807, 2.05) is 25.1 Å². The van der Waals surface area contributed by atoms with E-state index in [0.717, 1.165) is 11.4 Å². The first-order chi connectivity index (χ1) is 6.22. The molecular formula is C8H13N5. The number of guanidine groups is 1. The Morgan fingerprint density at radius 1 is 1.62 bits per heavy atom. The maximum atomic E-state index is 5.34. The van der Waals surface area contributed by atoms with Gasteiger partial charge in [-0.2, -0.15) is 0 Å². The van der Waals surface area contributed by atoms with Crippen LogP contribution in [0.3, 0.4) is 0 Å². The second-order valence-electron chi connectivity index (χ2n) is 2.62. The molecule has 0 amide bonds. The maximum Gasteiger partial charge on any atom is 0.203 e. The standard InChI is InChI=1S/C8H13N5/c1-6-3-2-4-7(12-6)5-11-8(9)13-10/h2-4H,5,10H2,1H3,(H3,9,11,13). The molecule has 0 spiro atoms. The summed E-state index contributed by atoms with van der Waals surface area (Å²) in [6.07, 6.45) is 0. The Balaban J connectivity index is 2.64. The van der Waals surface area contributed by atoms with Crippen molar-refractivity contribution in [3.63, 3.8) is 0 Å². The number of hydrogen-bond acceptors (Lipinski definition) is 3. The van der Waals surface area contributed by atoms with Gasteiger partial charge in [0.2, 0.25) is 5.96 Å². The van der Waals surface area contributed by atoms with Gasteiger partial charge in [-0.15, -0.1) is 0 Å². The molecule has 0 saturated carbocycles. The van der Waals surface area contributed by atoms with E-state index < -0.39 is 0 Å². The van der Waals surface area contributed by atoms with Gasteiger partial charge in [0.05, 0.1) is 12.2 Å². The molecule has 0 aliphatic heterocycles. The number of nitrogens with two attached hydrogens (primary N) is 2. The lowest BCUT2D eigenvalue weighted by Crippen LogP contribution is -2.37. The number of aromatic nitrogens is 1. The fourth-order valence-electron chi connectivity index (χ4n) is 0.899. The first kappa shape index (κ1) is 9.47. The van der Waals surface area contributed by atoms with Gasteiger partial charge in [-0.25, -0.2) is 10.8 Å². The van der Waals surface area contributed by atoms with E-state index in [1.165, 1.54) is 0 Å². The predicted molar refractivity (Wildman–Crippen MR) is 51.6 cm³/mol. The molecule has 1 heterocycles. The Morgan fingerprint density at radius 3 is 3.00 bits per heavy atom. The van der Waals surface area contributed by atoms with Crippen LogP contribution in [0.1, 0.15) is 11.4 Å². The van der Waals surface area contributed by atoms with Crippen molar-refractivity contribution in [3.8, 4) is 0 Å². The normalized spacial score (nSPS) is 11.4. The van der Waals surface area contributed by atoms with Gasteiger partial charge in [-0.1, -0.05) is 6.07 Å². The number of hydrazine groups is 1. The molecule has 0 bridgehead atoms. The molecule has 0 fully saturated rings. The minimum atomic E-state index is 0.211. The largest absolute Gasteiger partial charge is 0.369 e. The van der Waals surface area contributed by atoms with E-state index in [2.05, 4.69) is 15.4 Å². The summed E-state index contributed by atoms with van der Waals surface area (Å²) in [5, 5.41) is 0. The fraction of sp³-hybridized carbons (Fsp3) is 0.250. The third kappa shape index (κ3) is 3.08. The lowest BCUT2D eigenvalue weighted by atomic mass is 10.3. The Bertz CT molecular complexity index is 307. The summed E-state index contributed by atoms with van der Waals surface area (Å²) >= 11 is 0. The molecule has 5 nitrogen and oxygen atoms in total. The summed E-state index contributed by atoms with van der Waals surface area (Å²) in [4.78, 5) is 8.20. The highest BCUT2D eigenvalue weighted by atomic mass is 15.3. The van der Waals surface area contributed by atoms with Crippen LogP contribution < -0.4 is 17.0 Å². The van der Waals surface area contributed by atoms with E-state index in [0.29, 0.717) is 6.54 Å². The van der Waals surface area contributed by atoms with E-state index in [1.54, 1.807) is 0 Å². The molecule has 0 saturated heterocycles. The summed E-state index contributed by atoms with van der Waals surface area (Å²) in [5.74, 6) is 5.25. The van der Waals surface area contributed by atoms with Crippen molar-refractivity contribution >= 4 is 5.96 Å². The Morgan fingerprint density at radius 2 is 2.38 bits per heavy atom. The number of nitrogens with zero attached hydrogens (tertiary/aromatic N) is 2. The topological polar surface area (TPSA) is 89.3 Å². The smallest absolute Gasteiger partial charge is 0.203 e. The van der Waals surface area contributed by atoms with Gasteiger partial charge < -0.3 is 5.73 Å². The quantitative estimate of drug-likeness (QED) is 0.251. The summed E-state index contributed by atoms with van der Waals surface area (Å²) in [6.45, 7) is 2.37. The SMILES string of the molecule is Cc1cccc(CN=C(N)NN)n1. The molecule has 13 heavy (non-hydrogen) atoms. The van der Waals surface area contributed by atoms with Crippen molar-refractivity contribution in [2.45, 2.75) is 13.5 Å². The molecule has 0 aliphatic carbocycles. The number of hydrogen-bond donors (Lipinski definition) is 3. The summed E-state index contributed by atoms with van der Waals surface area (Å²) < 4.78 is 0. The van der Waals surface area contributed by atoms with Gasteiger partial charge in [-0.05, 0) is 19.1 Å². The molecule has 1 rings (SSSR count). The first-order valence-electron chi connectivity index (χ1n) is 3.91. The van der Waals surface area contributed by atoms with Crippen molar-refractivity contribution in [2.75, 3.05) is 0 Å². The summed E-state index contributed by atoms with van der Waals surface area (Å²) in [5.41, 5.74) is 9.43. The van der Waals surface area contributed by atoms with Crippen LogP contribution in [0.15, 0.2) is 23.2 Å². The van der Waals surface area contributed by atoms with Gasteiger partial charge in [0.15, 0.2) is 0 Å². The molecule has 0 aromatic carbocycles. The molecule has 5 heteroatoms. The fourth-order valence-corrected chi connectivity index (χ4v) is 0.899. The zero-order valence-corrected chi connectivity index (χ0v) is 7.49. The summed E-state index contributed by atoms with van der Waals surface area (Å²) in [7, 11) is 0. The number of nitrogens with one attached hydrogen (secondary N) is 1. The van der Waals surface area contributed by atoms with Crippen LogP contribution >= 0.6 is 0 Å². The average molecular weight is 179 g/mol. The van der Waals surface area contributed by atoms with Crippen molar-refractivity contribution < 1.29 is 0 Å². The van der Waals surface area contributed by atoms with Gasteiger partial charge in [0.1, 0.15) is 0 Å². The van der Waals surface area contributed by atoms with Crippen LogP contribution in [0.2, 0.25) is 0 Å². The number of aryl methyl sites for hydroxylation is 1. The van der Waals surface area contributed by atoms with E-state index >= 15 is 0 Å². The Labute approximate surface area is 76.8 Å². The highest BCUT2D eigenvalue weighted by molar-refractivity contribution is 5.76. The van der Waals surface area contributed by atoms with Crippen molar-refractivity contribution in [1.82, 2.24) is 10.4 Å². The lowest BCUT2D eigenvalue weighted by molar-refractivity contribution is 0.924. The minimum Gasteiger partial charge on any atom is -0.369 e. The van der Waals surface area contributed by atoms with Crippen molar-refractivity contribution in [2.24, 2.45) is 16.6 Å². The molecular weight excluding hydrogens is 166 g/mol. The molecule has 0 aliphatic rings. The third-order valence-electron chi connectivity index (χ3n) is 1.51. The second kappa shape index (κ2) is 4.42. The average Bonchev–Trinajstić information content (AvgIpc) is 2.14. The highest BCUT2D eigenvalue weighted by Crippen LogP contribution is 1.98. The van der Waals surface area contributed by atoms with Crippen LogP contribution in [-0.2, 0) is 6.54 Å². The number of rotatable bonds is 2. The van der Waals surface area contributed by atoms with Gasteiger partial charge in [0.25, 0.3) is 0 Å². The van der Waals surface area contributed by atoms with Gasteiger partial charge in [0, 0.05) is 5.69 Å². The Kier molecular flexibility index (Phi) is 3.22. The number of pyridine rings is 1. The molecule has 5 N–H and O–H groups in total. The molecule has 0 atom stereocenters. The zero-order valence-electron chi connectivity index (χ0n) is 7.49. The molecule has 0 radical (unpaired) electrons. The third-order valence-corrected chi connectivity index (χ3v) is 1.51. The maximum absolute atomic E-state index is 5.34. The van der Waals surface area contributed by atoms with Gasteiger partial charge in [-0.3, -0.25) is 10.4 Å².